The van der Waals surface area contributed by atoms with Gasteiger partial charge in [-0.25, -0.2) is 0 Å². The second-order valence-corrected chi connectivity index (χ2v) is 7.33. The van der Waals surface area contributed by atoms with Crippen LogP contribution >= 0.6 is 11.6 Å². The Morgan fingerprint density at radius 2 is 2.12 bits per heavy atom. The summed E-state index contributed by atoms with van der Waals surface area (Å²) in [5, 5.41) is 3.76. The van der Waals surface area contributed by atoms with Gasteiger partial charge < -0.3 is 14.8 Å². The molecule has 0 spiro atoms. The number of fused-ring (bicyclic) bond motifs is 1. The summed E-state index contributed by atoms with van der Waals surface area (Å²) in [7, 11) is 1.63. The fourth-order valence-electron chi connectivity index (χ4n) is 3.17. The number of rotatable bonds is 4. The first-order chi connectivity index (χ1) is 11.9. The normalized spacial score (nSPS) is 18.0. The predicted molar refractivity (Wildman–Crippen MR) is 98.4 cm³/mol. The molecule has 2 aromatic carbocycles. The molecular weight excluding hydrogens is 338 g/mol. The number of amides is 1. The third-order valence-electron chi connectivity index (χ3n) is 4.26. The van der Waals surface area contributed by atoms with Crippen molar-refractivity contribution in [3.8, 4) is 11.5 Å². The molecule has 3 rings (SSSR count). The van der Waals surface area contributed by atoms with Gasteiger partial charge in [-0.1, -0.05) is 23.7 Å². The van der Waals surface area contributed by atoms with Crippen LogP contribution < -0.4 is 14.8 Å². The van der Waals surface area contributed by atoms with Gasteiger partial charge in [-0.3, -0.25) is 4.79 Å². The molecule has 25 heavy (non-hydrogen) atoms. The Kier molecular flexibility index (Phi) is 4.91. The van der Waals surface area contributed by atoms with Crippen LogP contribution in [-0.2, 0) is 11.2 Å². The van der Waals surface area contributed by atoms with E-state index in [0.717, 1.165) is 22.6 Å². The van der Waals surface area contributed by atoms with Gasteiger partial charge in [-0.05, 0) is 49.7 Å². The van der Waals surface area contributed by atoms with Crippen LogP contribution in [0.15, 0.2) is 42.5 Å². The van der Waals surface area contributed by atoms with Crippen molar-refractivity contribution in [3.63, 3.8) is 0 Å². The first kappa shape index (κ1) is 17.6. The van der Waals surface area contributed by atoms with Crippen molar-refractivity contribution in [3.05, 3.63) is 58.6 Å². The fourth-order valence-corrected chi connectivity index (χ4v) is 3.38. The van der Waals surface area contributed by atoms with Crippen molar-refractivity contribution in [2.75, 3.05) is 7.11 Å². The zero-order valence-corrected chi connectivity index (χ0v) is 15.4. The van der Waals surface area contributed by atoms with E-state index in [2.05, 4.69) is 5.32 Å². The Hall–Kier alpha value is -2.20. The van der Waals surface area contributed by atoms with Crippen LogP contribution in [0.25, 0.3) is 0 Å². The lowest BCUT2D eigenvalue weighted by molar-refractivity contribution is -0.121. The van der Waals surface area contributed by atoms with Crippen LogP contribution in [0.3, 0.4) is 0 Å². The average Bonchev–Trinajstić information content (AvgIpc) is 2.53. The summed E-state index contributed by atoms with van der Waals surface area (Å²) in [4.78, 5) is 12.5. The Labute approximate surface area is 153 Å². The molecule has 0 saturated heterocycles. The number of halogens is 1. The molecule has 1 aliphatic rings. The number of carbonyl (C=O) groups excluding carboxylic acids is 1. The van der Waals surface area contributed by atoms with Crippen molar-refractivity contribution in [2.45, 2.75) is 38.3 Å². The zero-order chi connectivity index (χ0) is 18.0. The number of nitrogens with one attached hydrogen (secondary N) is 1. The molecule has 0 radical (unpaired) electrons. The van der Waals surface area contributed by atoms with Crippen LogP contribution in [0.1, 0.15) is 37.4 Å². The average molecular weight is 360 g/mol. The molecule has 1 atom stereocenters. The van der Waals surface area contributed by atoms with Gasteiger partial charge in [0.25, 0.3) is 0 Å². The van der Waals surface area contributed by atoms with Gasteiger partial charge in [-0.2, -0.15) is 0 Å². The van der Waals surface area contributed by atoms with E-state index < -0.39 is 0 Å². The third-order valence-corrected chi connectivity index (χ3v) is 4.50. The Bertz CT molecular complexity index is 788. The van der Waals surface area contributed by atoms with E-state index >= 15 is 0 Å². The maximum Gasteiger partial charge on any atom is 0.224 e. The van der Waals surface area contributed by atoms with E-state index in [-0.39, 0.29) is 24.0 Å². The molecule has 0 aliphatic carbocycles. The van der Waals surface area contributed by atoms with Crippen molar-refractivity contribution in [1.82, 2.24) is 5.32 Å². The SMILES string of the molecule is COc1ccc2c(c1)[C@H](NC(=O)Cc1cccc(Cl)c1)CC(C)(C)O2. The van der Waals surface area contributed by atoms with Gasteiger partial charge in [0.15, 0.2) is 0 Å². The highest BCUT2D eigenvalue weighted by molar-refractivity contribution is 6.30. The molecule has 1 heterocycles. The highest BCUT2D eigenvalue weighted by Gasteiger charge is 2.34. The van der Waals surface area contributed by atoms with E-state index in [1.807, 2.05) is 50.2 Å². The highest BCUT2D eigenvalue weighted by atomic mass is 35.5. The molecule has 0 aromatic heterocycles. The standard InChI is InChI=1S/C20H22ClNO3/c1-20(2)12-17(16-11-15(24-3)7-8-18(16)25-20)22-19(23)10-13-5-4-6-14(21)9-13/h4-9,11,17H,10,12H2,1-3H3,(H,22,23)/t17-/m1/s1. The molecular formula is C20H22ClNO3. The minimum absolute atomic E-state index is 0.0428. The van der Waals surface area contributed by atoms with Crippen LogP contribution in [0.5, 0.6) is 11.5 Å². The minimum Gasteiger partial charge on any atom is -0.497 e. The van der Waals surface area contributed by atoms with Gasteiger partial charge in [-0.15, -0.1) is 0 Å². The summed E-state index contributed by atoms with van der Waals surface area (Å²) >= 11 is 6.00. The molecule has 0 bridgehead atoms. The Morgan fingerprint density at radius 1 is 1.32 bits per heavy atom. The summed E-state index contributed by atoms with van der Waals surface area (Å²) < 4.78 is 11.4. The molecule has 132 valence electrons. The summed E-state index contributed by atoms with van der Waals surface area (Å²) in [6.07, 6.45) is 0.978. The topological polar surface area (TPSA) is 47.6 Å². The Balaban J connectivity index is 1.80. The number of hydrogen-bond acceptors (Lipinski definition) is 3. The van der Waals surface area contributed by atoms with Crippen molar-refractivity contribution < 1.29 is 14.3 Å². The largest absolute Gasteiger partial charge is 0.497 e. The van der Waals surface area contributed by atoms with E-state index in [9.17, 15) is 4.79 Å². The second-order valence-electron chi connectivity index (χ2n) is 6.90. The molecule has 1 amide bonds. The number of benzene rings is 2. The first-order valence-corrected chi connectivity index (χ1v) is 8.65. The summed E-state index contributed by atoms with van der Waals surface area (Å²) in [6.45, 7) is 4.05. The number of carbonyl (C=O) groups is 1. The lowest BCUT2D eigenvalue weighted by atomic mass is 9.89. The smallest absolute Gasteiger partial charge is 0.224 e. The first-order valence-electron chi connectivity index (χ1n) is 8.27. The summed E-state index contributed by atoms with van der Waals surface area (Å²) in [5.74, 6) is 1.49. The van der Waals surface area contributed by atoms with Crippen LogP contribution in [0.4, 0.5) is 0 Å². The quantitative estimate of drug-likeness (QED) is 0.884. The van der Waals surface area contributed by atoms with E-state index in [1.54, 1.807) is 13.2 Å². The minimum atomic E-state index is -0.352. The van der Waals surface area contributed by atoms with Gasteiger partial charge in [0, 0.05) is 17.0 Å². The van der Waals surface area contributed by atoms with Crippen molar-refractivity contribution >= 4 is 17.5 Å². The van der Waals surface area contributed by atoms with E-state index in [0.29, 0.717) is 11.4 Å². The molecule has 5 heteroatoms. The van der Waals surface area contributed by atoms with Crippen LogP contribution in [0, 0.1) is 0 Å². The Morgan fingerprint density at radius 3 is 2.84 bits per heavy atom. The number of ether oxygens (including phenoxy) is 2. The van der Waals surface area contributed by atoms with Crippen LogP contribution in [0.2, 0.25) is 5.02 Å². The lowest BCUT2D eigenvalue weighted by Crippen LogP contribution is -2.41. The number of methoxy groups -OCH3 is 1. The molecule has 1 aliphatic heterocycles. The summed E-state index contributed by atoms with van der Waals surface area (Å²) in [5.41, 5.74) is 1.48. The second kappa shape index (κ2) is 6.96. The van der Waals surface area contributed by atoms with Gasteiger partial charge >= 0.3 is 0 Å². The van der Waals surface area contributed by atoms with Gasteiger partial charge in [0.1, 0.15) is 17.1 Å². The molecule has 0 fully saturated rings. The van der Waals surface area contributed by atoms with Gasteiger partial charge in [0.2, 0.25) is 5.91 Å². The monoisotopic (exact) mass is 359 g/mol. The van der Waals surface area contributed by atoms with E-state index in [1.165, 1.54) is 0 Å². The fraction of sp³-hybridized carbons (Fsp3) is 0.350. The van der Waals surface area contributed by atoms with Gasteiger partial charge in [0.05, 0.1) is 19.6 Å². The maximum atomic E-state index is 12.5. The third kappa shape index (κ3) is 4.26. The number of hydrogen-bond donors (Lipinski definition) is 1. The maximum absolute atomic E-state index is 12.5. The molecule has 1 N–H and O–H groups in total. The molecule has 4 nitrogen and oxygen atoms in total. The van der Waals surface area contributed by atoms with Crippen LogP contribution in [-0.4, -0.2) is 18.6 Å². The zero-order valence-electron chi connectivity index (χ0n) is 14.6. The predicted octanol–water partition coefficient (Wildman–Crippen LogP) is 4.31. The molecule has 0 unspecified atom stereocenters. The molecule has 2 aromatic rings. The molecule has 0 saturated carbocycles. The highest BCUT2D eigenvalue weighted by Crippen LogP contribution is 2.41. The van der Waals surface area contributed by atoms with E-state index in [4.69, 9.17) is 21.1 Å². The van der Waals surface area contributed by atoms with Crippen molar-refractivity contribution in [2.24, 2.45) is 0 Å². The summed E-state index contributed by atoms with van der Waals surface area (Å²) in [6, 6.07) is 12.9. The van der Waals surface area contributed by atoms with Crippen molar-refractivity contribution in [1.29, 1.82) is 0 Å². The lowest BCUT2D eigenvalue weighted by Gasteiger charge is -2.38.